The summed E-state index contributed by atoms with van der Waals surface area (Å²) >= 11 is 1.64. The first-order chi connectivity index (χ1) is 13.2. The zero-order valence-corrected chi connectivity index (χ0v) is 16.2. The predicted octanol–water partition coefficient (Wildman–Crippen LogP) is 3.90. The Morgan fingerprint density at radius 3 is 2.37 bits per heavy atom. The molecule has 0 radical (unpaired) electrons. The number of benzene rings is 1. The zero-order chi connectivity index (χ0) is 18.6. The number of rotatable bonds is 5. The molecule has 3 aromatic rings. The minimum absolute atomic E-state index is 0.718. The molecule has 0 unspecified atom stereocenters. The molecule has 4 rings (SSSR count). The van der Waals surface area contributed by atoms with Gasteiger partial charge < -0.3 is 4.42 Å². The average molecular weight is 379 g/mol. The Morgan fingerprint density at radius 1 is 1.04 bits per heavy atom. The first-order valence-electron chi connectivity index (χ1n) is 9.14. The highest BCUT2D eigenvalue weighted by molar-refractivity contribution is 7.13. The van der Waals surface area contributed by atoms with E-state index in [-0.39, 0.29) is 0 Å². The van der Waals surface area contributed by atoms with Crippen molar-refractivity contribution in [1.29, 1.82) is 5.26 Å². The molecule has 3 heterocycles. The fourth-order valence-electron chi connectivity index (χ4n) is 3.32. The van der Waals surface area contributed by atoms with Crippen LogP contribution < -0.4 is 0 Å². The average Bonchev–Trinajstić information content (AvgIpc) is 3.33. The zero-order valence-electron chi connectivity index (χ0n) is 15.4. The van der Waals surface area contributed by atoms with Crippen molar-refractivity contribution in [1.82, 2.24) is 14.8 Å². The second-order valence-electron chi connectivity index (χ2n) is 6.92. The van der Waals surface area contributed by atoms with Crippen LogP contribution in [0, 0.1) is 18.3 Å². The van der Waals surface area contributed by atoms with Crippen molar-refractivity contribution in [2.45, 2.75) is 20.0 Å². The molecule has 0 spiro atoms. The van der Waals surface area contributed by atoms with E-state index in [9.17, 15) is 0 Å². The summed E-state index contributed by atoms with van der Waals surface area (Å²) in [7, 11) is 0. The first-order valence-corrected chi connectivity index (χ1v) is 10.0. The number of hydrogen-bond acceptors (Lipinski definition) is 6. The Hall–Kier alpha value is -2.46. The Bertz CT molecular complexity index is 930. The van der Waals surface area contributed by atoms with E-state index in [0.29, 0.717) is 0 Å². The quantitative estimate of drug-likeness (QED) is 0.674. The van der Waals surface area contributed by atoms with Gasteiger partial charge in [-0.15, -0.1) is 11.3 Å². The lowest BCUT2D eigenvalue weighted by Crippen LogP contribution is -2.45. The third-order valence-corrected chi connectivity index (χ3v) is 5.75. The van der Waals surface area contributed by atoms with Crippen LogP contribution in [0.4, 0.5) is 0 Å². The van der Waals surface area contributed by atoms with E-state index in [0.717, 1.165) is 67.1 Å². The van der Waals surface area contributed by atoms with Gasteiger partial charge in [-0.2, -0.15) is 5.26 Å². The standard InChI is InChI=1S/C21H22N4OS/c1-16-2-7-20(26-16)21-23-19(15-27-21)14-25-10-8-24(9-11-25)13-18-5-3-17(12-22)4-6-18/h2-7,15H,8-11,13-14H2,1H3. The SMILES string of the molecule is Cc1ccc(-c2nc(CN3CCN(Cc4ccc(C#N)cc4)CC3)cs2)o1. The molecule has 27 heavy (non-hydrogen) atoms. The van der Waals surface area contributed by atoms with E-state index in [2.05, 4.69) is 33.4 Å². The number of piperazine rings is 1. The van der Waals surface area contributed by atoms with Gasteiger partial charge in [-0.25, -0.2) is 4.98 Å². The maximum atomic E-state index is 8.89. The van der Waals surface area contributed by atoms with E-state index >= 15 is 0 Å². The molecule has 0 bridgehead atoms. The molecule has 2 aromatic heterocycles. The van der Waals surface area contributed by atoms with Gasteiger partial charge in [0.2, 0.25) is 0 Å². The smallest absolute Gasteiger partial charge is 0.162 e. The molecule has 0 atom stereocenters. The van der Waals surface area contributed by atoms with E-state index < -0.39 is 0 Å². The largest absolute Gasteiger partial charge is 0.459 e. The minimum atomic E-state index is 0.718. The van der Waals surface area contributed by atoms with Crippen LogP contribution in [0.15, 0.2) is 46.2 Å². The molecule has 1 fully saturated rings. The van der Waals surface area contributed by atoms with Crippen molar-refractivity contribution < 1.29 is 4.42 Å². The third kappa shape index (κ3) is 4.45. The summed E-state index contributed by atoms with van der Waals surface area (Å²) in [5.74, 6) is 1.77. The number of nitriles is 1. The van der Waals surface area contributed by atoms with Gasteiger partial charge in [0.1, 0.15) is 5.76 Å². The molecule has 0 saturated carbocycles. The van der Waals surface area contributed by atoms with E-state index in [1.54, 1.807) is 11.3 Å². The highest BCUT2D eigenvalue weighted by Gasteiger charge is 2.18. The summed E-state index contributed by atoms with van der Waals surface area (Å²) in [6.45, 7) is 7.98. The topological polar surface area (TPSA) is 56.3 Å². The van der Waals surface area contributed by atoms with Crippen molar-refractivity contribution in [2.75, 3.05) is 26.2 Å². The summed E-state index contributed by atoms with van der Waals surface area (Å²) < 4.78 is 5.67. The van der Waals surface area contributed by atoms with Gasteiger partial charge in [-0.1, -0.05) is 12.1 Å². The third-order valence-electron chi connectivity index (χ3n) is 4.84. The van der Waals surface area contributed by atoms with Crippen LogP contribution >= 0.6 is 11.3 Å². The fourth-order valence-corrected chi connectivity index (χ4v) is 4.09. The van der Waals surface area contributed by atoms with Gasteiger partial charge in [-0.05, 0) is 36.8 Å². The molecule has 5 nitrogen and oxygen atoms in total. The summed E-state index contributed by atoms with van der Waals surface area (Å²) in [6.07, 6.45) is 0. The molecule has 0 amide bonds. The normalized spacial score (nSPS) is 15.7. The molecule has 6 heteroatoms. The highest BCUT2D eigenvalue weighted by atomic mass is 32.1. The molecule has 138 valence electrons. The maximum absolute atomic E-state index is 8.89. The lowest BCUT2D eigenvalue weighted by molar-refractivity contribution is 0.121. The summed E-state index contributed by atoms with van der Waals surface area (Å²) in [5.41, 5.74) is 3.10. The maximum Gasteiger partial charge on any atom is 0.162 e. The number of aryl methyl sites for hydroxylation is 1. The number of nitrogens with zero attached hydrogens (tertiary/aromatic N) is 4. The summed E-state index contributed by atoms with van der Waals surface area (Å²) in [6, 6.07) is 14.0. The molecule has 1 aromatic carbocycles. The molecule has 1 aliphatic heterocycles. The summed E-state index contributed by atoms with van der Waals surface area (Å²) in [4.78, 5) is 9.66. The lowest BCUT2D eigenvalue weighted by atomic mass is 10.1. The van der Waals surface area contributed by atoms with Crippen molar-refractivity contribution >= 4 is 11.3 Å². The Labute approximate surface area is 163 Å². The number of aromatic nitrogens is 1. The number of thiazole rings is 1. The Balaban J connectivity index is 1.28. The molecular formula is C21H22N4OS. The van der Waals surface area contributed by atoms with Crippen LogP contribution in [0.25, 0.3) is 10.8 Å². The van der Waals surface area contributed by atoms with Gasteiger partial charge in [0.25, 0.3) is 0 Å². The molecule has 0 N–H and O–H groups in total. The number of furan rings is 1. The molecule has 0 aliphatic carbocycles. The first kappa shape index (κ1) is 17.9. The van der Waals surface area contributed by atoms with Gasteiger partial charge in [0, 0.05) is 44.6 Å². The van der Waals surface area contributed by atoms with Crippen molar-refractivity contribution in [3.05, 3.63) is 64.4 Å². The fraction of sp³-hybridized carbons (Fsp3) is 0.333. The lowest BCUT2D eigenvalue weighted by Gasteiger charge is -2.34. The molecule has 1 saturated heterocycles. The van der Waals surface area contributed by atoms with Crippen molar-refractivity contribution in [2.24, 2.45) is 0 Å². The van der Waals surface area contributed by atoms with Gasteiger partial charge >= 0.3 is 0 Å². The predicted molar refractivity (Wildman–Crippen MR) is 106 cm³/mol. The highest BCUT2D eigenvalue weighted by Crippen LogP contribution is 2.26. The van der Waals surface area contributed by atoms with Crippen molar-refractivity contribution in [3.8, 4) is 16.8 Å². The van der Waals surface area contributed by atoms with Gasteiger partial charge in [0.05, 0.1) is 17.3 Å². The second kappa shape index (κ2) is 8.05. The van der Waals surface area contributed by atoms with E-state index in [1.807, 2.05) is 31.2 Å². The van der Waals surface area contributed by atoms with E-state index in [1.165, 1.54) is 5.56 Å². The Kier molecular flexibility index (Phi) is 5.35. The van der Waals surface area contributed by atoms with Crippen LogP contribution in [0.3, 0.4) is 0 Å². The second-order valence-corrected chi connectivity index (χ2v) is 7.77. The van der Waals surface area contributed by atoms with Crippen molar-refractivity contribution in [3.63, 3.8) is 0 Å². The van der Waals surface area contributed by atoms with Crippen LogP contribution in [0.2, 0.25) is 0 Å². The van der Waals surface area contributed by atoms with Gasteiger partial charge in [-0.3, -0.25) is 9.80 Å². The monoisotopic (exact) mass is 378 g/mol. The summed E-state index contributed by atoms with van der Waals surface area (Å²) in [5, 5.41) is 12.0. The van der Waals surface area contributed by atoms with E-state index in [4.69, 9.17) is 14.7 Å². The van der Waals surface area contributed by atoms with Crippen LogP contribution in [-0.4, -0.2) is 41.0 Å². The Morgan fingerprint density at radius 2 is 1.74 bits per heavy atom. The molecule has 1 aliphatic rings. The van der Waals surface area contributed by atoms with Gasteiger partial charge in [0.15, 0.2) is 10.8 Å². The number of hydrogen-bond donors (Lipinski definition) is 0. The molecular weight excluding hydrogens is 356 g/mol. The minimum Gasteiger partial charge on any atom is -0.459 e. The van der Waals surface area contributed by atoms with Crippen LogP contribution in [-0.2, 0) is 13.1 Å². The van der Waals surface area contributed by atoms with Crippen LogP contribution in [0.5, 0.6) is 0 Å². The van der Waals surface area contributed by atoms with Crippen LogP contribution in [0.1, 0.15) is 22.6 Å².